The van der Waals surface area contributed by atoms with Crippen LogP contribution in [0.3, 0.4) is 0 Å². The van der Waals surface area contributed by atoms with Gasteiger partial charge in [-0.05, 0) is 30.5 Å². The molecule has 0 bridgehead atoms. The molecule has 1 saturated carbocycles. The minimum absolute atomic E-state index is 0.140. The first kappa shape index (κ1) is 24.9. The summed E-state index contributed by atoms with van der Waals surface area (Å²) in [6.07, 6.45) is 9.75. The molecule has 2 fully saturated rings. The van der Waals surface area contributed by atoms with Crippen molar-refractivity contribution in [3.8, 4) is 6.07 Å². The van der Waals surface area contributed by atoms with Gasteiger partial charge in [-0.15, -0.1) is 0 Å². The van der Waals surface area contributed by atoms with E-state index in [0.717, 1.165) is 63.9 Å². The van der Waals surface area contributed by atoms with Gasteiger partial charge in [0.2, 0.25) is 5.91 Å². The molecule has 2 heterocycles. The molecule has 190 valence electrons. The van der Waals surface area contributed by atoms with E-state index < -0.39 is 5.92 Å². The van der Waals surface area contributed by atoms with Crippen molar-refractivity contribution in [1.29, 1.82) is 5.26 Å². The Morgan fingerprint density at radius 3 is 2.35 bits per heavy atom. The number of anilines is 1. The number of hydrogen-bond donors (Lipinski definition) is 1. The molecule has 1 atom stereocenters. The second-order valence-electron chi connectivity index (χ2n) is 9.93. The van der Waals surface area contributed by atoms with Crippen LogP contribution >= 0.6 is 0 Å². The summed E-state index contributed by atoms with van der Waals surface area (Å²) < 4.78 is 0. The van der Waals surface area contributed by atoms with Crippen LogP contribution in [-0.2, 0) is 4.79 Å². The molecule has 1 saturated heterocycles. The molecule has 1 N–H and O–H groups in total. The van der Waals surface area contributed by atoms with Gasteiger partial charge < -0.3 is 10.2 Å². The van der Waals surface area contributed by atoms with Crippen molar-refractivity contribution in [3.05, 3.63) is 71.9 Å². The summed E-state index contributed by atoms with van der Waals surface area (Å²) in [5.74, 6) is -0.589. The van der Waals surface area contributed by atoms with Crippen LogP contribution in [0.1, 0.15) is 49.3 Å². The number of fused-ring (bicyclic) bond motifs is 1. The van der Waals surface area contributed by atoms with Crippen molar-refractivity contribution in [1.82, 2.24) is 20.2 Å². The van der Waals surface area contributed by atoms with Crippen LogP contribution in [0, 0.1) is 11.3 Å². The van der Waals surface area contributed by atoms with Gasteiger partial charge in [0.05, 0.1) is 17.1 Å². The van der Waals surface area contributed by atoms with Crippen LogP contribution in [0.25, 0.3) is 17.1 Å². The van der Waals surface area contributed by atoms with Gasteiger partial charge in [-0.25, -0.2) is 9.97 Å². The molecule has 0 radical (unpaired) electrons. The van der Waals surface area contributed by atoms with Crippen molar-refractivity contribution < 1.29 is 4.79 Å². The molecule has 1 unspecified atom stereocenters. The summed E-state index contributed by atoms with van der Waals surface area (Å²) in [5.41, 5.74) is 3.15. The molecule has 3 aromatic rings. The molecular formula is C30H34N6O. The van der Waals surface area contributed by atoms with Gasteiger partial charge in [0.1, 0.15) is 5.69 Å². The van der Waals surface area contributed by atoms with Gasteiger partial charge in [0.15, 0.2) is 11.7 Å². The number of rotatable bonds is 7. The zero-order chi connectivity index (χ0) is 25.5. The highest BCUT2D eigenvalue weighted by molar-refractivity contribution is 5.89. The predicted molar refractivity (Wildman–Crippen MR) is 147 cm³/mol. The van der Waals surface area contributed by atoms with Crippen molar-refractivity contribution in [2.75, 3.05) is 37.6 Å². The van der Waals surface area contributed by atoms with E-state index in [9.17, 15) is 10.1 Å². The molecule has 7 nitrogen and oxygen atoms in total. The summed E-state index contributed by atoms with van der Waals surface area (Å²) in [6, 6.07) is 20.4. The third-order valence-corrected chi connectivity index (χ3v) is 7.34. The van der Waals surface area contributed by atoms with Crippen LogP contribution in [0.2, 0.25) is 0 Å². The highest BCUT2D eigenvalue weighted by Gasteiger charge is 2.31. The number of piperazine rings is 1. The second-order valence-corrected chi connectivity index (χ2v) is 9.93. The van der Waals surface area contributed by atoms with E-state index in [4.69, 9.17) is 9.97 Å². The first-order valence-corrected chi connectivity index (χ1v) is 13.4. The molecule has 37 heavy (non-hydrogen) atoms. The number of hydrogen-bond acceptors (Lipinski definition) is 6. The van der Waals surface area contributed by atoms with E-state index in [1.165, 1.54) is 12.0 Å². The number of nitriles is 1. The monoisotopic (exact) mass is 494 g/mol. The van der Waals surface area contributed by atoms with Gasteiger partial charge in [-0.1, -0.05) is 73.9 Å². The molecular weight excluding hydrogens is 460 g/mol. The Morgan fingerprint density at radius 1 is 0.973 bits per heavy atom. The lowest BCUT2D eigenvalue weighted by Crippen LogP contribution is -2.47. The predicted octanol–water partition coefficient (Wildman–Crippen LogP) is 4.52. The van der Waals surface area contributed by atoms with Gasteiger partial charge in [0.25, 0.3) is 0 Å². The van der Waals surface area contributed by atoms with Crippen LogP contribution in [0.15, 0.2) is 60.7 Å². The molecule has 1 aliphatic carbocycles. The van der Waals surface area contributed by atoms with Crippen LogP contribution in [0.4, 0.5) is 5.82 Å². The molecule has 1 aromatic heterocycles. The van der Waals surface area contributed by atoms with Gasteiger partial charge >= 0.3 is 0 Å². The maximum absolute atomic E-state index is 13.3. The molecule has 1 amide bonds. The average molecular weight is 495 g/mol. The molecule has 2 aliphatic rings. The number of carbonyl (C=O) groups is 1. The van der Waals surface area contributed by atoms with E-state index in [1.807, 2.05) is 42.5 Å². The van der Waals surface area contributed by atoms with Crippen molar-refractivity contribution >= 4 is 28.8 Å². The maximum Gasteiger partial charge on any atom is 0.243 e. The standard InChI is InChI=1S/C30H34N6O/c31-22-25(30(37)32-24-13-5-2-6-14-24)28-29(34-27-16-8-7-15-26(27)33-28)36-20-18-35(19-21-36)17-9-12-23-10-3-1-4-11-23/h1,3-4,7-12,15-16,24-25H,2,5-6,13-14,17-21H2,(H,32,37). The van der Waals surface area contributed by atoms with E-state index in [-0.39, 0.29) is 11.9 Å². The molecule has 1 aliphatic heterocycles. The Hall–Kier alpha value is -3.76. The smallest absolute Gasteiger partial charge is 0.243 e. The normalized spacial score (nSPS) is 18.1. The summed E-state index contributed by atoms with van der Waals surface area (Å²) in [7, 11) is 0. The Morgan fingerprint density at radius 2 is 1.65 bits per heavy atom. The Kier molecular flexibility index (Phi) is 8.07. The van der Waals surface area contributed by atoms with E-state index in [1.54, 1.807) is 0 Å². The number of nitrogens with one attached hydrogen (secondary N) is 1. The zero-order valence-corrected chi connectivity index (χ0v) is 21.2. The average Bonchev–Trinajstić information content (AvgIpc) is 2.95. The van der Waals surface area contributed by atoms with Crippen molar-refractivity contribution in [2.24, 2.45) is 0 Å². The van der Waals surface area contributed by atoms with Gasteiger partial charge in [-0.3, -0.25) is 9.69 Å². The lowest BCUT2D eigenvalue weighted by molar-refractivity contribution is -0.122. The third-order valence-electron chi connectivity index (χ3n) is 7.34. The van der Waals surface area contributed by atoms with Crippen LogP contribution in [-0.4, -0.2) is 59.5 Å². The Balaban J connectivity index is 1.32. The van der Waals surface area contributed by atoms with Crippen LogP contribution < -0.4 is 10.2 Å². The van der Waals surface area contributed by atoms with E-state index >= 15 is 0 Å². The quantitative estimate of drug-likeness (QED) is 0.520. The minimum Gasteiger partial charge on any atom is -0.352 e. The summed E-state index contributed by atoms with van der Waals surface area (Å²) in [6.45, 7) is 4.16. The number of amides is 1. The van der Waals surface area contributed by atoms with E-state index in [0.29, 0.717) is 17.0 Å². The molecule has 7 heteroatoms. The summed E-state index contributed by atoms with van der Waals surface area (Å²) in [5, 5.41) is 13.2. The number of nitrogens with zero attached hydrogens (tertiary/aromatic N) is 5. The molecule has 0 spiro atoms. The molecule has 5 rings (SSSR count). The Labute approximate surface area is 218 Å². The first-order valence-electron chi connectivity index (χ1n) is 13.4. The highest BCUT2D eigenvalue weighted by atomic mass is 16.2. The van der Waals surface area contributed by atoms with Gasteiger partial charge in [-0.2, -0.15) is 5.26 Å². The first-order chi connectivity index (χ1) is 18.2. The van der Waals surface area contributed by atoms with Crippen molar-refractivity contribution in [3.63, 3.8) is 0 Å². The fourth-order valence-electron chi connectivity index (χ4n) is 5.25. The van der Waals surface area contributed by atoms with Gasteiger partial charge in [0, 0.05) is 38.8 Å². The number of aromatic nitrogens is 2. The lowest BCUT2D eigenvalue weighted by Gasteiger charge is -2.36. The highest BCUT2D eigenvalue weighted by Crippen LogP contribution is 2.29. The lowest BCUT2D eigenvalue weighted by atomic mass is 9.94. The Bertz CT molecular complexity index is 1270. The zero-order valence-electron chi connectivity index (χ0n) is 21.2. The summed E-state index contributed by atoms with van der Waals surface area (Å²) >= 11 is 0. The topological polar surface area (TPSA) is 85.1 Å². The van der Waals surface area contributed by atoms with Crippen LogP contribution in [0.5, 0.6) is 0 Å². The second kappa shape index (κ2) is 12.0. The number of benzene rings is 2. The fraction of sp³-hybridized carbons (Fsp3) is 0.400. The van der Waals surface area contributed by atoms with Crippen molar-refractivity contribution in [2.45, 2.75) is 44.1 Å². The number of carbonyl (C=O) groups excluding carboxylic acids is 1. The molecule has 2 aromatic carbocycles. The number of para-hydroxylation sites is 2. The largest absolute Gasteiger partial charge is 0.352 e. The van der Waals surface area contributed by atoms with E-state index in [2.05, 4.69) is 45.5 Å². The third kappa shape index (κ3) is 6.15. The summed E-state index contributed by atoms with van der Waals surface area (Å²) in [4.78, 5) is 27.6. The fourth-order valence-corrected chi connectivity index (χ4v) is 5.25. The SMILES string of the molecule is N#CC(C(=O)NC1CCCCC1)c1nc2ccccc2nc1N1CCN(CC=Cc2ccccc2)CC1. The minimum atomic E-state index is -0.985. The maximum atomic E-state index is 13.3.